The molecule has 88 valence electrons. The van der Waals surface area contributed by atoms with Gasteiger partial charge in [0.25, 0.3) is 0 Å². The maximum absolute atomic E-state index is 5.70. The van der Waals surface area contributed by atoms with Crippen LogP contribution in [0.1, 0.15) is 25.3 Å². The fraction of sp³-hybridized carbons (Fsp3) is 0.429. The van der Waals surface area contributed by atoms with Gasteiger partial charge >= 0.3 is 0 Å². The van der Waals surface area contributed by atoms with Gasteiger partial charge in [-0.3, -0.25) is 0 Å². The number of unbranched alkanes of at least 4 members (excludes halogenated alkanes) is 1. The fourth-order valence-electron chi connectivity index (χ4n) is 1.45. The van der Waals surface area contributed by atoms with Crippen molar-refractivity contribution in [3.05, 3.63) is 36.4 Å². The zero-order valence-corrected chi connectivity index (χ0v) is 10.2. The van der Waals surface area contributed by atoms with Gasteiger partial charge in [0.2, 0.25) is 0 Å². The van der Waals surface area contributed by atoms with Crippen LogP contribution in [-0.2, 0) is 6.42 Å². The summed E-state index contributed by atoms with van der Waals surface area (Å²) in [6, 6.07) is 6.00. The van der Waals surface area contributed by atoms with Crippen LogP contribution in [0.3, 0.4) is 0 Å². The molecule has 0 radical (unpaired) electrons. The Balaban J connectivity index is 2.75. The summed E-state index contributed by atoms with van der Waals surface area (Å²) in [4.78, 5) is 0. The van der Waals surface area contributed by atoms with E-state index in [1.165, 1.54) is 5.56 Å². The van der Waals surface area contributed by atoms with Crippen LogP contribution in [-0.4, -0.2) is 13.7 Å². The van der Waals surface area contributed by atoms with E-state index < -0.39 is 0 Å². The van der Waals surface area contributed by atoms with Gasteiger partial charge in [-0.05, 0) is 30.5 Å². The fourth-order valence-corrected chi connectivity index (χ4v) is 1.45. The van der Waals surface area contributed by atoms with E-state index in [9.17, 15) is 0 Å². The highest BCUT2D eigenvalue weighted by molar-refractivity contribution is 5.43. The number of hydrogen-bond acceptors (Lipinski definition) is 2. The lowest BCUT2D eigenvalue weighted by molar-refractivity contribution is 0.288. The summed E-state index contributed by atoms with van der Waals surface area (Å²) >= 11 is 0. The second kappa shape index (κ2) is 6.94. The van der Waals surface area contributed by atoms with Crippen molar-refractivity contribution in [3.8, 4) is 11.5 Å². The highest BCUT2D eigenvalue weighted by atomic mass is 16.5. The largest absolute Gasteiger partial charge is 0.493 e. The molecule has 0 atom stereocenters. The standard InChI is InChI=1S/C14H20O2/c1-4-6-10-16-14-11-12(7-5-2)8-9-13(14)15-3/h5,8-9,11H,2,4,6-7,10H2,1,3H3. The molecular weight excluding hydrogens is 200 g/mol. The van der Waals surface area contributed by atoms with E-state index in [0.717, 1.165) is 37.4 Å². The summed E-state index contributed by atoms with van der Waals surface area (Å²) in [5.41, 5.74) is 1.20. The van der Waals surface area contributed by atoms with E-state index in [4.69, 9.17) is 9.47 Å². The van der Waals surface area contributed by atoms with E-state index in [1.54, 1.807) is 7.11 Å². The van der Waals surface area contributed by atoms with Crippen molar-refractivity contribution >= 4 is 0 Å². The Hall–Kier alpha value is -1.44. The van der Waals surface area contributed by atoms with Gasteiger partial charge in [-0.25, -0.2) is 0 Å². The van der Waals surface area contributed by atoms with E-state index in [-0.39, 0.29) is 0 Å². The molecule has 2 heteroatoms. The van der Waals surface area contributed by atoms with Crippen molar-refractivity contribution < 1.29 is 9.47 Å². The number of ether oxygens (including phenoxy) is 2. The minimum absolute atomic E-state index is 0.740. The first-order valence-electron chi connectivity index (χ1n) is 5.72. The lowest BCUT2D eigenvalue weighted by Gasteiger charge is -2.11. The summed E-state index contributed by atoms with van der Waals surface area (Å²) in [5.74, 6) is 1.62. The Morgan fingerprint density at radius 3 is 2.75 bits per heavy atom. The van der Waals surface area contributed by atoms with Crippen LogP contribution in [0.4, 0.5) is 0 Å². The second-order valence-corrected chi connectivity index (χ2v) is 3.68. The van der Waals surface area contributed by atoms with Crippen LogP contribution in [0, 0.1) is 0 Å². The molecule has 0 saturated heterocycles. The molecular formula is C14H20O2. The number of benzene rings is 1. The minimum atomic E-state index is 0.740. The third-order valence-corrected chi connectivity index (χ3v) is 2.36. The first-order valence-corrected chi connectivity index (χ1v) is 5.72. The van der Waals surface area contributed by atoms with Crippen LogP contribution < -0.4 is 9.47 Å². The van der Waals surface area contributed by atoms with Crippen molar-refractivity contribution in [2.45, 2.75) is 26.2 Å². The zero-order chi connectivity index (χ0) is 11.8. The van der Waals surface area contributed by atoms with Crippen molar-refractivity contribution in [1.82, 2.24) is 0 Å². The van der Waals surface area contributed by atoms with Gasteiger partial charge in [-0.15, -0.1) is 6.58 Å². The van der Waals surface area contributed by atoms with E-state index in [1.807, 2.05) is 24.3 Å². The Bertz CT molecular complexity index is 332. The van der Waals surface area contributed by atoms with Crippen LogP contribution in [0.2, 0.25) is 0 Å². The Morgan fingerprint density at radius 1 is 1.31 bits per heavy atom. The molecule has 0 N–H and O–H groups in total. The smallest absolute Gasteiger partial charge is 0.161 e. The predicted octanol–water partition coefficient (Wildman–Crippen LogP) is 3.60. The van der Waals surface area contributed by atoms with Crippen LogP contribution in [0.5, 0.6) is 11.5 Å². The van der Waals surface area contributed by atoms with E-state index in [0.29, 0.717) is 0 Å². The first kappa shape index (κ1) is 12.6. The summed E-state index contributed by atoms with van der Waals surface area (Å²) in [5, 5.41) is 0. The van der Waals surface area contributed by atoms with E-state index >= 15 is 0 Å². The average molecular weight is 220 g/mol. The molecule has 0 unspecified atom stereocenters. The minimum Gasteiger partial charge on any atom is -0.493 e. The Labute approximate surface area is 97.9 Å². The van der Waals surface area contributed by atoms with Crippen molar-refractivity contribution in [1.29, 1.82) is 0 Å². The molecule has 0 bridgehead atoms. The molecule has 0 spiro atoms. The maximum Gasteiger partial charge on any atom is 0.161 e. The summed E-state index contributed by atoms with van der Waals surface area (Å²) in [7, 11) is 1.66. The van der Waals surface area contributed by atoms with Crippen LogP contribution in [0.25, 0.3) is 0 Å². The van der Waals surface area contributed by atoms with Gasteiger partial charge in [0, 0.05) is 0 Å². The van der Waals surface area contributed by atoms with Crippen LogP contribution in [0.15, 0.2) is 30.9 Å². The molecule has 1 rings (SSSR count). The predicted molar refractivity (Wildman–Crippen MR) is 67.3 cm³/mol. The third-order valence-electron chi connectivity index (χ3n) is 2.36. The van der Waals surface area contributed by atoms with Gasteiger partial charge in [0.15, 0.2) is 11.5 Å². The average Bonchev–Trinajstić information content (AvgIpc) is 2.30. The van der Waals surface area contributed by atoms with Crippen molar-refractivity contribution in [2.75, 3.05) is 13.7 Å². The molecule has 0 fully saturated rings. The normalized spacial score (nSPS) is 9.88. The van der Waals surface area contributed by atoms with Gasteiger partial charge in [-0.1, -0.05) is 25.5 Å². The highest BCUT2D eigenvalue weighted by Gasteiger charge is 2.04. The molecule has 0 amide bonds. The quantitative estimate of drug-likeness (QED) is 0.516. The van der Waals surface area contributed by atoms with Gasteiger partial charge in [0.05, 0.1) is 13.7 Å². The number of rotatable bonds is 7. The molecule has 1 aromatic rings. The first-order chi connectivity index (χ1) is 7.81. The molecule has 0 saturated carbocycles. The maximum atomic E-state index is 5.70. The van der Waals surface area contributed by atoms with Crippen LogP contribution >= 0.6 is 0 Å². The molecule has 0 heterocycles. The second-order valence-electron chi connectivity index (χ2n) is 3.68. The Morgan fingerprint density at radius 2 is 2.12 bits per heavy atom. The zero-order valence-electron chi connectivity index (χ0n) is 10.2. The summed E-state index contributed by atoms with van der Waals surface area (Å²) in [6.45, 7) is 6.62. The molecule has 2 nitrogen and oxygen atoms in total. The SMILES string of the molecule is C=CCc1ccc(OC)c(OCCCC)c1. The molecule has 0 aliphatic heterocycles. The number of allylic oxidation sites excluding steroid dienone is 1. The van der Waals surface area contributed by atoms with Crippen molar-refractivity contribution in [3.63, 3.8) is 0 Å². The number of methoxy groups -OCH3 is 1. The van der Waals surface area contributed by atoms with Crippen molar-refractivity contribution in [2.24, 2.45) is 0 Å². The highest BCUT2D eigenvalue weighted by Crippen LogP contribution is 2.28. The van der Waals surface area contributed by atoms with Gasteiger partial charge < -0.3 is 9.47 Å². The lowest BCUT2D eigenvalue weighted by atomic mass is 10.1. The summed E-state index contributed by atoms with van der Waals surface area (Å²) in [6.07, 6.45) is 4.94. The molecule has 1 aromatic carbocycles. The molecule has 0 aliphatic rings. The molecule has 16 heavy (non-hydrogen) atoms. The Kier molecular flexibility index (Phi) is 5.48. The van der Waals surface area contributed by atoms with Gasteiger partial charge in [-0.2, -0.15) is 0 Å². The van der Waals surface area contributed by atoms with E-state index in [2.05, 4.69) is 13.5 Å². The number of hydrogen-bond donors (Lipinski definition) is 0. The topological polar surface area (TPSA) is 18.5 Å². The monoisotopic (exact) mass is 220 g/mol. The summed E-state index contributed by atoms with van der Waals surface area (Å²) < 4.78 is 11.0. The molecule has 0 aliphatic carbocycles. The third kappa shape index (κ3) is 3.61. The molecule has 0 aromatic heterocycles. The lowest BCUT2D eigenvalue weighted by Crippen LogP contribution is -1.99. The van der Waals surface area contributed by atoms with Gasteiger partial charge in [0.1, 0.15) is 0 Å².